The molecule has 0 fully saturated rings. The Morgan fingerprint density at radius 1 is 1.18 bits per heavy atom. The largest absolute Gasteiger partial charge is 0.464 e. The summed E-state index contributed by atoms with van der Waals surface area (Å²) < 4.78 is 11.0. The molecule has 1 atom stereocenters. The molecule has 1 unspecified atom stereocenters. The molecule has 1 amide bonds. The van der Waals surface area contributed by atoms with Gasteiger partial charge in [0.15, 0.2) is 11.5 Å². The van der Waals surface area contributed by atoms with Gasteiger partial charge in [-0.1, -0.05) is 0 Å². The van der Waals surface area contributed by atoms with E-state index in [1.54, 1.807) is 6.07 Å². The molecule has 3 aromatic rings. The topological polar surface area (TPSA) is 84.1 Å². The van der Waals surface area contributed by atoms with Crippen molar-refractivity contribution in [1.29, 1.82) is 0 Å². The number of carbonyl (C=O) groups excluding carboxylic acids is 1. The van der Waals surface area contributed by atoms with E-state index in [0.717, 1.165) is 11.5 Å². The summed E-state index contributed by atoms with van der Waals surface area (Å²) >= 11 is 0. The third kappa shape index (κ3) is 2.81. The molecule has 22 heavy (non-hydrogen) atoms. The first kappa shape index (κ1) is 14.2. The highest BCUT2D eigenvalue weighted by Crippen LogP contribution is 2.21. The number of rotatable bonds is 4. The van der Waals surface area contributed by atoms with Gasteiger partial charge in [0, 0.05) is 6.07 Å². The van der Waals surface area contributed by atoms with Crippen molar-refractivity contribution in [3.05, 3.63) is 53.3 Å². The summed E-state index contributed by atoms with van der Waals surface area (Å²) in [6.07, 6.45) is 0. The highest BCUT2D eigenvalue weighted by molar-refractivity contribution is 5.93. The zero-order valence-electron chi connectivity index (χ0n) is 12.6. The van der Waals surface area contributed by atoms with Crippen molar-refractivity contribution in [3.63, 3.8) is 0 Å². The first-order valence-corrected chi connectivity index (χ1v) is 7.02. The number of nitrogens with one attached hydrogen (secondary N) is 2. The summed E-state index contributed by atoms with van der Waals surface area (Å²) in [5.41, 5.74) is 0.971. The van der Waals surface area contributed by atoms with Crippen LogP contribution in [-0.4, -0.2) is 16.1 Å². The van der Waals surface area contributed by atoms with E-state index in [4.69, 9.17) is 8.83 Å². The van der Waals surface area contributed by atoms with E-state index in [1.165, 1.54) is 0 Å². The molecular weight excluding hydrogens is 282 g/mol. The third-order valence-corrected chi connectivity index (χ3v) is 3.35. The number of nitrogens with zero attached hydrogens (tertiary/aromatic N) is 1. The number of aromatic nitrogens is 2. The van der Waals surface area contributed by atoms with E-state index in [0.29, 0.717) is 22.9 Å². The molecule has 0 saturated heterocycles. The number of aryl methyl sites for hydroxylation is 2. The fourth-order valence-corrected chi connectivity index (χ4v) is 2.17. The molecule has 6 heteroatoms. The fraction of sp³-hybridized carbons (Fsp3) is 0.250. The Morgan fingerprint density at radius 2 is 1.91 bits per heavy atom. The maximum absolute atomic E-state index is 12.2. The average molecular weight is 299 g/mol. The lowest BCUT2D eigenvalue weighted by Crippen LogP contribution is -2.26. The number of amides is 1. The molecule has 114 valence electrons. The van der Waals surface area contributed by atoms with Crippen LogP contribution in [-0.2, 0) is 0 Å². The molecule has 2 N–H and O–H groups in total. The molecular formula is C16H17N3O3. The van der Waals surface area contributed by atoms with Crippen LogP contribution in [0.1, 0.15) is 40.7 Å². The van der Waals surface area contributed by atoms with E-state index in [1.807, 2.05) is 45.0 Å². The van der Waals surface area contributed by atoms with Crippen LogP contribution >= 0.6 is 0 Å². The van der Waals surface area contributed by atoms with Gasteiger partial charge in [0.1, 0.15) is 23.0 Å². The lowest BCUT2D eigenvalue weighted by molar-refractivity contribution is 0.0930. The van der Waals surface area contributed by atoms with E-state index >= 15 is 0 Å². The molecule has 3 rings (SSSR count). The predicted octanol–water partition coefficient (Wildman–Crippen LogP) is 3.37. The minimum atomic E-state index is -0.271. The number of carbonyl (C=O) groups is 1. The Labute approximate surface area is 127 Å². The smallest absolute Gasteiger partial charge is 0.272 e. The SMILES string of the molecule is Cc1ccc(-c2cc(C(=O)NC(C)c3ccc(C)o3)n[nH]2)o1. The summed E-state index contributed by atoms with van der Waals surface area (Å²) in [6, 6.07) is 8.84. The average Bonchev–Trinajstić information content (AvgIpc) is 3.18. The minimum absolute atomic E-state index is 0.229. The van der Waals surface area contributed by atoms with Gasteiger partial charge in [-0.25, -0.2) is 0 Å². The molecule has 0 aliphatic rings. The first-order chi connectivity index (χ1) is 10.5. The normalized spacial score (nSPS) is 12.3. The Balaban J connectivity index is 1.71. The standard InChI is InChI=1S/C16H17N3O3/c1-9-4-6-14(21-9)11(3)17-16(20)13-8-12(18-19-13)15-7-5-10(2)22-15/h4-8,11H,1-3H3,(H,17,20)(H,18,19). The lowest BCUT2D eigenvalue weighted by atomic mass is 10.2. The van der Waals surface area contributed by atoms with E-state index in [2.05, 4.69) is 15.5 Å². The molecule has 3 heterocycles. The molecule has 0 aromatic carbocycles. The summed E-state index contributed by atoms with van der Waals surface area (Å²) in [5.74, 6) is 2.71. The molecule has 0 spiro atoms. The quantitative estimate of drug-likeness (QED) is 0.773. The maximum Gasteiger partial charge on any atom is 0.272 e. The van der Waals surface area contributed by atoms with Crippen LogP contribution < -0.4 is 5.32 Å². The second kappa shape index (κ2) is 5.55. The molecule has 6 nitrogen and oxygen atoms in total. The van der Waals surface area contributed by atoms with Crippen LogP contribution in [0.4, 0.5) is 0 Å². The maximum atomic E-state index is 12.2. The van der Waals surface area contributed by atoms with Crippen molar-refractivity contribution in [2.24, 2.45) is 0 Å². The van der Waals surface area contributed by atoms with Crippen molar-refractivity contribution in [3.8, 4) is 11.5 Å². The minimum Gasteiger partial charge on any atom is -0.464 e. The zero-order valence-corrected chi connectivity index (χ0v) is 12.6. The van der Waals surface area contributed by atoms with Gasteiger partial charge in [0.25, 0.3) is 5.91 Å². The third-order valence-electron chi connectivity index (χ3n) is 3.35. The number of aromatic amines is 1. The van der Waals surface area contributed by atoms with Crippen molar-refractivity contribution >= 4 is 5.91 Å². The van der Waals surface area contributed by atoms with Crippen LogP contribution in [0.5, 0.6) is 0 Å². The highest BCUT2D eigenvalue weighted by Gasteiger charge is 2.17. The molecule has 3 aromatic heterocycles. The van der Waals surface area contributed by atoms with Gasteiger partial charge in [-0.3, -0.25) is 9.89 Å². The van der Waals surface area contributed by atoms with Gasteiger partial charge in [-0.2, -0.15) is 5.10 Å². The van der Waals surface area contributed by atoms with Crippen LogP contribution in [0.25, 0.3) is 11.5 Å². The summed E-state index contributed by atoms with van der Waals surface area (Å²) in [4.78, 5) is 12.2. The van der Waals surface area contributed by atoms with Gasteiger partial charge in [0.05, 0.1) is 6.04 Å². The van der Waals surface area contributed by atoms with Crippen molar-refractivity contribution in [2.75, 3.05) is 0 Å². The number of hydrogen-bond donors (Lipinski definition) is 2. The van der Waals surface area contributed by atoms with Gasteiger partial charge >= 0.3 is 0 Å². The Hall–Kier alpha value is -2.76. The molecule has 0 radical (unpaired) electrons. The fourth-order valence-electron chi connectivity index (χ4n) is 2.17. The molecule has 0 aliphatic carbocycles. The van der Waals surface area contributed by atoms with Crippen LogP contribution in [0.15, 0.2) is 39.2 Å². The monoisotopic (exact) mass is 299 g/mol. The van der Waals surface area contributed by atoms with Gasteiger partial charge < -0.3 is 14.2 Å². The van der Waals surface area contributed by atoms with Crippen molar-refractivity contribution < 1.29 is 13.6 Å². The summed E-state index contributed by atoms with van der Waals surface area (Å²) in [6.45, 7) is 5.59. The zero-order chi connectivity index (χ0) is 15.7. The molecule has 0 aliphatic heterocycles. The van der Waals surface area contributed by atoms with E-state index in [-0.39, 0.29) is 11.9 Å². The number of hydrogen-bond acceptors (Lipinski definition) is 4. The number of furan rings is 2. The van der Waals surface area contributed by atoms with Gasteiger partial charge in [-0.15, -0.1) is 0 Å². The van der Waals surface area contributed by atoms with Gasteiger partial charge in [-0.05, 0) is 45.0 Å². The molecule has 0 saturated carbocycles. The van der Waals surface area contributed by atoms with Crippen LogP contribution in [0.3, 0.4) is 0 Å². The Kier molecular flexibility index (Phi) is 3.58. The van der Waals surface area contributed by atoms with Gasteiger partial charge in [0.2, 0.25) is 0 Å². The van der Waals surface area contributed by atoms with Crippen molar-refractivity contribution in [1.82, 2.24) is 15.5 Å². The Bertz CT molecular complexity index is 797. The lowest BCUT2D eigenvalue weighted by Gasteiger charge is -2.09. The van der Waals surface area contributed by atoms with Crippen LogP contribution in [0.2, 0.25) is 0 Å². The van der Waals surface area contributed by atoms with E-state index in [9.17, 15) is 4.79 Å². The molecule has 0 bridgehead atoms. The summed E-state index contributed by atoms with van der Waals surface area (Å²) in [5, 5.41) is 9.68. The van der Waals surface area contributed by atoms with Crippen LogP contribution in [0, 0.1) is 13.8 Å². The second-order valence-electron chi connectivity index (χ2n) is 5.22. The van der Waals surface area contributed by atoms with E-state index < -0.39 is 0 Å². The number of H-pyrrole nitrogens is 1. The highest BCUT2D eigenvalue weighted by atomic mass is 16.3. The first-order valence-electron chi connectivity index (χ1n) is 7.02. The second-order valence-corrected chi connectivity index (χ2v) is 5.22. The predicted molar refractivity (Wildman–Crippen MR) is 80.4 cm³/mol. The summed E-state index contributed by atoms with van der Waals surface area (Å²) in [7, 11) is 0. The Morgan fingerprint density at radius 3 is 2.55 bits per heavy atom. The van der Waals surface area contributed by atoms with Crippen molar-refractivity contribution in [2.45, 2.75) is 26.8 Å².